The number of nitrogens with one attached hydrogen (secondary N) is 1. The van der Waals surface area contributed by atoms with E-state index in [4.69, 9.17) is 0 Å². The molecule has 1 amide bonds. The van der Waals surface area contributed by atoms with Crippen LogP contribution in [-0.2, 0) is 11.2 Å². The number of benzene rings is 1. The van der Waals surface area contributed by atoms with Crippen LogP contribution in [0.2, 0.25) is 0 Å². The number of aromatic nitrogens is 4. The van der Waals surface area contributed by atoms with Gasteiger partial charge in [0.25, 0.3) is 0 Å². The van der Waals surface area contributed by atoms with Crippen molar-refractivity contribution in [3.63, 3.8) is 0 Å². The molecule has 0 bridgehead atoms. The minimum Gasteiger partial charge on any atom is -0.300 e. The van der Waals surface area contributed by atoms with Crippen molar-refractivity contribution in [1.29, 1.82) is 0 Å². The van der Waals surface area contributed by atoms with Crippen LogP contribution in [0.3, 0.4) is 0 Å². The quantitative estimate of drug-likeness (QED) is 0.192. The van der Waals surface area contributed by atoms with E-state index in [1.807, 2.05) is 6.92 Å². The molecule has 1 unspecified atom stereocenters. The minimum absolute atomic E-state index is 0.0558. The second-order valence-corrected chi connectivity index (χ2v) is 11.9. The van der Waals surface area contributed by atoms with Gasteiger partial charge in [-0.2, -0.15) is 0 Å². The molecule has 1 aliphatic carbocycles. The van der Waals surface area contributed by atoms with Crippen LogP contribution in [0, 0.1) is 0 Å². The van der Waals surface area contributed by atoms with Gasteiger partial charge in [0.05, 0.1) is 10.6 Å². The molecule has 35 heavy (non-hydrogen) atoms. The van der Waals surface area contributed by atoms with E-state index in [0.29, 0.717) is 17.5 Å². The van der Waals surface area contributed by atoms with E-state index in [9.17, 15) is 4.79 Å². The van der Waals surface area contributed by atoms with Crippen molar-refractivity contribution in [1.82, 2.24) is 20.2 Å². The summed E-state index contributed by atoms with van der Waals surface area (Å²) in [7, 11) is 0. The third-order valence-electron chi connectivity index (χ3n) is 6.55. The Labute approximate surface area is 218 Å². The van der Waals surface area contributed by atoms with Crippen LogP contribution in [0.1, 0.15) is 68.9 Å². The molecule has 1 atom stereocenters. The number of carbonyl (C=O) groups excluding carboxylic acids is 1. The number of amides is 1. The van der Waals surface area contributed by atoms with E-state index in [1.54, 1.807) is 17.7 Å². The molecule has 1 fully saturated rings. The van der Waals surface area contributed by atoms with Gasteiger partial charge in [0.1, 0.15) is 21.2 Å². The van der Waals surface area contributed by atoms with Crippen molar-refractivity contribution in [2.45, 2.75) is 75.0 Å². The van der Waals surface area contributed by atoms with Gasteiger partial charge >= 0.3 is 0 Å². The van der Waals surface area contributed by atoms with E-state index in [2.05, 4.69) is 62.1 Å². The zero-order valence-electron chi connectivity index (χ0n) is 20.0. The van der Waals surface area contributed by atoms with Crippen molar-refractivity contribution in [3.8, 4) is 11.1 Å². The minimum atomic E-state index is -0.287. The molecule has 1 aliphatic rings. The molecule has 3 heterocycles. The van der Waals surface area contributed by atoms with Gasteiger partial charge in [0.15, 0.2) is 0 Å². The molecular formula is C26H29N5OS3. The van der Waals surface area contributed by atoms with Crippen LogP contribution in [0.4, 0.5) is 5.13 Å². The van der Waals surface area contributed by atoms with Crippen LogP contribution in [0.25, 0.3) is 21.3 Å². The second kappa shape index (κ2) is 11.1. The second-order valence-electron chi connectivity index (χ2n) is 8.84. The summed E-state index contributed by atoms with van der Waals surface area (Å²) in [5, 5.41) is 17.0. The Morgan fingerprint density at radius 1 is 1.11 bits per heavy atom. The van der Waals surface area contributed by atoms with Gasteiger partial charge in [0, 0.05) is 16.9 Å². The van der Waals surface area contributed by atoms with Crippen LogP contribution >= 0.6 is 34.4 Å². The summed E-state index contributed by atoms with van der Waals surface area (Å²) < 4.78 is 0. The van der Waals surface area contributed by atoms with Crippen molar-refractivity contribution in [2.24, 2.45) is 0 Å². The summed E-state index contributed by atoms with van der Waals surface area (Å²) in [6.45, 7) is 4.19. The van der Waals surface area contributed by atoms with E-state index in [1.165, 1.54) is 60.8 Å². The third kappa shape index (κ3) is 5.42. The zero-order valence-corrected chi connectivity index (χ0v) is 22.4. The maximum atomic E-state index is 13.2. The highest BCUT2D eigenvalue weighted by Crippen LogP contribution is 2.40. The van der Waals surface area contributed by atoms with E-state index < -0.39 is 0 Å². The SMILES string of the molecule is CCc1ccc(-c2csc3ncnc(SC(CC)C(=O)Nc4nnc(C5CCCCC5)s4)c23)cc1. The highest BCUT2D eigenvalue weighted by atomic mass is 32.2. The standard InChI is InChI=1S/C26H29N5OS3/c1-3-16-10-12-17(13-11-16)19-14-33-24-21(19)25(28-15-27-24)34-20(4-2)22(32)29-26-31-30-23(35-26)18-8-6-5-7-9-18/h10-15,18,20H,3-9H2,1-2H3,(H,29,31,32). The maximum Gasteiger partial charge on any atom is 0.239 e. The Bertz CT molecular complexity index is 1290. The fourth-order valence-electron chi connectivity index (χ4n) is 4.51. The molecule has 3 aromatic heterocycles. The van der Waals surface area contributed by atoms with Gasteiger partial charge < -0.3 is 0 Å². The van der Waals surface area contributed by atoms with Gasteiger partial charge in [-0.1, -0.05) is 80.5 Å². The fraction of sp³-hybridized carbons (Fsp3) is 0.423. The maximum absolute atomic E-state index is 13.2. The predicted molar refractivity (Wildman–Crippen MR) is 147 cm³/mol. The average molecular weight is 524 g/mol. The summed E-state index contributed by atoms with van der Waals surface area (Å²) >= 11 is 4.64. The topological polar surface area (TPSA) is 80.7 Å². The summed E-state index contributed by atoms with van der Waals surface area (Å²) in [5.41, 5.74) is 3.57. The van der Waals surface area contributed by atoms with Gasteiger partial charge in [-0.15, -0.1) is 21.5 Å². The molecule has 1 N–H and O–H groups in total. The number of hydrogen-bond donors (Lipinski definition) is 1. The number of nitrogens with zero attached hydrogens (tertiary/aromatic N) is 4. The third-order valence-corrected chi connectivity index (χ3v) is 9.80. The van der Waals surface area contributed by atoms with E-state index >= 15 is 0 Å². The first-order chi connectivity index (χ1) is 17.2. The monoisotopic (exact) mass is 523 g/mol. The van der Waals surface area contributed by atoms with Crippen LogP contribution < -0.4 is 5.32 Å². The number of anilines is 1. The average Bonchev–Trinajstić information content (AvgIpc) is 3.55. The molecule has 6 nitrogen and oxygen atoms in total. The highest BCUT2D eigenvalue weighted by Gasteiger charge is 2.25. The molecule has 1 aromatic carbocycles. The van der Waals surface area contributed by atoms with Crippen molar-refractivity contribution in [2.75, 3.05) is 5.32 Å². The number of fused-ring (bicyclic) bond motifs is 1. The molecule has 9 heteroatoms. The molecule has 0 saturated heterocycles. The smallest absolute Gasteiger partial charge is 0.239 e. The lowest BCUT2D eigenvalue weighted by atomic mass is 9.90. The largest absolute Gasteiger partial charge is 0.300 e. The number of carbonyl (C=O) groups is 1. The van der Waals surface area contributed by atoms with Gasteiger partial charge in [-0.3, -0.25) is 10.1 Å². The Balaban J connectivity index is 1.35. The molecular weight excluding hydrogens is 495 g/mol. The zero-order chi connectivity index (χ0) is 24.2. The Hall–Kier alpha value is -2.36. The molecule has 1 saturated carbocycles. The van der Waals surface area contributed by atoms with Gasteiger partial charge in [-0.25, -0.2) is 9.97 Å². The van der Waals surface area contributed by atoms with Crippen molar-refractivity contribution < 1.29 is 4.79 Å². The van der Waals surface area contributed by atoms with E-state index in [0.717, 1.165) is 37.8 Å². The van der Waals surface area contributed by atoms with Crippen molar-refractivity contribution >= 4 is 55.7 Å². The number of thioether (sulfide) groups is 1. The Morgan fingerprint density at radius 3 is 2.66 bits per heavy atom. The normalized spacial score (nSPS) is 15.4. The first kappa shape index (κ1) is 24.3. The number of aryl methyl sites for hydroxylation is 1. The summed E-state index contributed by atoms with van der Waals surface area (Å²) in [6, 6.07) is 8.65. The fourth-order valence-corrected chi connectivity index (χ4v) is 7.44. The molecule has 4 aromatic rings. The van der Waals surface area contributed by atoms with Crippen LogP contribution in [-0.4, -0.2) is 31.3 Å². The number of hydrogen-bond acceptors (Lipinski definition) is 8. The summed E-state index contributed by atoms with van der Waals surface area (Å²) in [5.74, 6) is 0.431. The number of thiophene rings is 1. The predicted octanol–water partition coefficient (Wildman–Crippen LogP) is 7.33. The van der Waals surface area contributed by atoms with E-state index in [-0.39, 0.29) is 11.2 Å². The van der Waals surface area contributed by atoms with Crippen LogP contribution in [0.5, 0.6) is 0 Å². The molecule has 0 aliphatic heterocycles. The number of rotatable bonds is 8. The first-order valence-corrected chi connectivity index (χ1v) is 14.9. The molecule has 182 valence electrons. The first-order valence-electron chi connectivity index (χ1n) is 12.3. The van der Waals surface area contributed by atoms with Crippen molar-refractivity contribution in [3.05, 3.63) is 46.5 Å². The molecule has 0 spiro atoms. The molecule has 0 radical (unpaired) electrons. The highest BCUT2D eigenvalue weighted by molar-refractivity contribution is 8.00. The lowest BCUT2D eigenvalue weighted by Crippen LogP contribution is -2.24. The van der Waals surface area contributed by atoms with Gasteiger partial charge in [0.2, 0.25) is 11.0 Å². The summed E-state index contributed by atoms with van der Waals surface area (Å²) in [6.07, 6.45) is 9.44. The summed E-state index contributed by atoms with van der Waals surface area (Å²) in [4.78, 5) is 23.2. The van der Waals surface area contributed by atoms with Crippen LogP contribution in [0.15, 0.2) is 41.0 Å². The Morgan fingerprint density at radius 2 is 1.91 bits per heavy atom. The lowest BCUT2D eigenvalue weighted by molar-refractivity contribution is -0.115. The molecule has 5 rings (SSSR count). The van der Waals surface area contributed by atoms with Gasteiger partial charge in [-0.05, 0) is 36.8 Å². The lowest BCUT2D eigenvalue weighted by Gasteiger charge is -2.18. The Kier molecular flexibility index (Phi) is 7.75.